The van der Waals surface area contributed by atoms with Crippen molar-refractivity contribution in [2.45, 2.75) is 32.7 Å². The number of carboxylic acids is 1. The van der Waals surface area contributed by atoms with Gasteiger partial charge in [-0.05, 0) is 32.9 Å². The fourth-order valence-corrected chi connectivity index (χ4v) is 1.48. The van der Waals surface area contributed by atoms with Crippen molar-refractivity contribution in [1.29, 1.82) is 0 Å². The molecule has 1 amide bonds. The van der Waals surface area contributed by atoms with Crippen LogP contribution in [0.5, 0.6) is 0 Å². The Morgan fingerprint density at radius 3 is 2.41 bits per heavy atom. The Bertz CT molecular complexity index is 433. The van der Waals surface area contributed by atoms with Crippen molar-refractivity contribution in [3.8, 4) is 0 Å². The summed E-state index contributed by atoms with van der Waals surface area (Å²) in [5.41, 5.74) is -0.760. The maximum Gasteiger partial charge on any atom is 0.305 e. The van der Waals surface area contributed by atoms with Crippen LogP contribution in [0.15, 0.2) is 16.5 Å². The van der Waals surface area contributed by atoms with Crippen LogP contribution < -0.4 is 0 Å². The second-order valence-electron chi connectivity index (χ2n) is 4.66. The van der Waals surface area contributed by atoms with Gasteiger partial charge in [0.15, 0.2) is 5.76 Å². The van der Waals surface area contributed by atoms with Crippen molar-refractivity contribution in [3.63, 3.8) is 0 Å². The van der Waals surface area contributed by atoms with Gasteiger partial charge in [0.1, 0.15) is 5.76 Å². The lowest BCUT2D eigenvalue weighted by Gasteiger charge is -2.33. The first kappa shape index (κ1) is 13.3. The van der Waals surface area contributed by atoms with Gasteiger partial charge in [-0.2, -0.15) is 0 Å². The third kappa shape index (κ3) is 3.09. The molecule has 0 aliphatic carbocycles. The number of rotatable bonds is 4. The van der Waals surface area contributed by atoms with Crippen LogP contribution >= 0.6 is 0 Å². The summed E-state index contributed by atoms with van der Waals surface area (Å²) in [6.07, 6.45) is -0.116. The Morgan fingerprint density at radius 2 is 2.00 bits per heavy atom. The van der Waals surface area contributed by atoms with E-state index in [0.29, 0.717) is 5.76 Å². The van der Waals surface area contributed by atoms with E-state index in [9.17, 15) is 9.59 Å². The summed E-state index contributed by atoms with van der Waals surface area (Å²) in [4.78, 5) is 24.1. The molecule has 0 unspecified atom stereocenters. The quantitative estimate of drug-likeness (QED) is 0.871. The van der Waals surface area contributed by atoms with E-state index in [2.05, 4.69) is 0 Å². The normalized spacial score (nSPS) is 11.3. The molecular formula is C12H17NO4. The van der Waals surface area contributed by atoms with Gasteiger partial charge in [0.25, 0.3) is 5.91 Å². The van der Waals surface area contributed by atoms with Crippen molar-refractivity contribution in [2.75, 3.05) is 7.05 Å². The minimum Gasteiger partial charge on any atom is -0.481 e. The maximum atomic E-state index is 12.0. The number of furan rings is 1. The number of carbonyl (C=O) groups is 2. The van der Waals surface area contributed by atoms with Crippen molar-refractivity contribution < 1.29 is 19.1 Å². The molecule has 0 atom stereocenters. The molecule has 0 aliphatic heterocycles. The number of amides is 1. The number of hydrogen-bond donors (Lipinski definition) is 1. The number of aryl methyl sites for hydroxylation is 1. The molecule has 0 radical (unpaired) electrons. The van der Waals surface area contributed by atoms with Crippen LogP contribution in [0.2, 0.25) is 0 Å². The zero-order valence-electron chi connectivity index (χ0n) is 10.5. The Kier molecular flexibility index (Phi) is 3.60. The first-order valence-corrected chi connectivity index (χ1v) is 5.30. The van der Waals surface area contributed by atoms with Crippen LogP contribution in [0.1, 0.15) is 36.6 Å². The zero-order valence-corrected chi connectivity index (χ0v) is 10.5. The van der Waals surface area contributed by atoms with E-state index in [-0.39, 0.29) is 18.1 Å². The van der Waals surface area contributed by atoms with E-state index in [4.69, 9.17) is 9.52 Å². The van der Waals surface area contributed by atoms with Crippen molar-refractivity contribution in [1.82, 2.24) is 4.90 Å². The van der Waals surface area contributed by atoms with Crippen LogP contribution in [-0.4, -0.2) is 34.5 Å². The van der Waals surface area contributed by atoms with E-state index >= 15 is 0 Å². The first-order valence-electron chi connectivity index (χ1n) is 5.30. The van der Waals surface area contributed by atoms with Crippen LogP contribution in [0.4, 0.5) is 0 Å². The molecule has 0 aliphatic rings. The monoisotopic (exact) mass is 239 g/mol. The second-order valence-corrected chi connectivity index (χ2v) is 4.66. The summed E-state index contributed by atoms with van der Waals surface area (Å²) >= 11 is 0. The number of carbonyl (C=O) groups excluding carboxylic acids is 1. The summed E-state index contributed by atoms with van der Waals surface area (Å²) in [5.74, 6) is -0.379. The van der Waals surface area contributed by atoms with Gasteiger partial charge in [-0.3, -0.25) is 9.59 Å². The average Bonchev–Trinajstić information content (AvgIpc) is 2.60. The standard InChI is InChI=1S/C12H17NO4/c1-8-5-6-9(17-8)11(16)13(4)12(2,3)7-10(14)15/h5-6H,7H2,1-4H3,(H,14,15). The van der Waals surface area contributed by atoms with Crippen molar-refractivity contribution >= 4 is 11.9 Å². The maximum absolute atomic E-state index is 12.0. The number of aliphatic carboxylic acids is 1. The predicted octanol–water partition coefficient (Wildman–Crippen LogP) is 1.91. The topological polar surface area (TPSA) is 70.8 Å². The minimum absolute atomic E-state index is 0.116. The SMILES string of the molecule is Cc1ccc(C(=O)N(C)C(C)(C)CC(=O)O)o1. The molecule has 1 aromatic rings. The van der Waals surface area contributed by atoms with Gasteiger partial charge in [-0.1, -0.05) is 0 Å². The second kappa shape index (κ2) is 4.61. The fraction of sp³-hybridized carbons (Fsp3) is 0.500. The molecule has 0 aromatic carbocycles. The van der Waals surface area contributed by atoms with Crippen LogP contribution in [0, 0.1) is 6.92 Å². The molecule has 0 spiro atoms. The Hall–Kier alpha value is -1.78. The molecule has 1 aromatic heterocycles. The Labute approximate surface area is 100 Å². The lowest BCUT2D eigenvalue weighted by Crippen LogP contribution is -2.46. The smallest absolute Gasteiger partial charge is 0.305 e. The Balaban J connectivity index is 2.86. The first-order chi connectivity index (χ1) is 7.74. The number of hydrogen-bond acceptors (Lipinski definition) is 3. The zero-order chi connectivity index (χ0) is 13.2. The van der Waals surface area contributed by atoms with Gasteiger partial charge >= 0.3 is 5.97 Å². The third-order valence-corrected chi connectivity index (χ3v) is 2.75. The molecule has 94 valence electrons. The van der Waals surface area contributed by atoms with Crippen LogP contribution in [0.25, 0.3) is 0 Å². The molecule has 5 heteroatoms. The van der Waals surface area contributed by atoms with E-state index in [1.165, 1.54) is 4.90 Å². The minimum atomic E-state index is -0.940. The van der Waals surface area contributed by atoms with Gasteiger partial charge in [0.05, 0.1) is 6.42 Å². The average molecular weight is 239 g/mol. The molecule has 0 bridgehead atoms. The number of carboxylic acid groups (broad SMARTS) is 1. The van der Waals surface area contributed by atoms with Gasteiger partial charge in [0, 0.05) is 12.6 Å². The molecule has 1 N–H and O–H groups in total. The molecule has 0 saturated carbocycles. The fourth-order valence-electron chi connectivity index (χ4n) is 1.48. The van der Waals surface area contributed by atoms with E-state index < -0.39 is 11.5 Å². The van der Waals surface area contributed by atoms with Gasteiger partial charge < -0.3 is 14.4 Å². The summed E-state index contributed by atoms with van der Waals surface area (Å²) < 4.78 is 5.23. The lowest BCUT2D eigenvalue weighted by atomic mass is 9.98. The summed E-state index contributed by atoms with van der Waals surface area (Å²) in [7, 11) is 1.57. The largest absolute Gasteiger partial charge is 0.481 e. The molecule has 1 rings (SSSR count). The number of nitrogens with zero attached hydrogens (tertiary/aromatic N) is 1. The molecule has 0 fully saturated rings. The molecular weight excluding hydrogens is 222 g/mol. The Morgan fingerprint density at radius 1 is 1.41 bits per heavy atom. The molecule has 1 heterocycles. The highest BCUT2D eigenvalue weighted by Gasteiger charge is 2.31. The highest BCUT2D eigenvalue weighted by atomic mass is 16.4. The van der Waals surface area contributed by atoms with E-state index in [1.54, 1.807) is 40.0 Å². The molecule has 0 saturated heterocycles. The van der Waals surface area contributed by atoms with E-state index in [0.717, 1.165) is 0 Å². The van der Waals surface area contributed by atoms with Crippen LogP contribution in [-0.2, 0) is 4.79 Å². The van der Waals surface area contributed by atoms with Gasteiger partial charge in [-0.25, -0.2) is 0 Å². The van der Waals surface area contributed by atoms with Gasteiger partial charge in [0.2, 0.25) is 0 Å². The molecule has 5 nitrogen and oxygen atoms in total. The highest BCUT2D eigenvalue weighted by Crippen LogP contribution is 2.20. The van der Waals surface area contributed by atoms with Crippen LogP contribution in [0.3, 0.4) is 0 Å². The van der Waals surface area contributed by atoms with Crippen molar-refractivity contribution in [3.05, 3.63) is 23.7 Å². The summed E-state index contributed by atoms with van der Waals surface area (Å²) in [5, 5.41) is 8.79. The predicted molar refractivity (Wildman–Crippen MR) is 61.9 cm³/mol. The van der Waals surface area contributed by atoms with E-state index in [1.807, 2.05) is 0 Å². The van der Waals surface area contributed by atoms with Crippen molar-refractivity contribution in [2.24, 2.45) is 0 Å². The highest BCUT2D eigenvalue weighted by molar-refractivity contribution is 5.92. The summed E-state index contributed by atoms with van der Waals surface area (Å²) in [6.45, 7) is 5.16. The lowest BCUT2D eigenvalue weighted by molar-refractivity contribution is -0.139. The molecule has 17 heavy (non-hydrogen) atoms. The summed E-state index contributed by atoms with van der Waals surface area (Å²) in [6, 6.07) is 3.29. The third-order valence-electron chi connectivity index (χ3n) is 2.75. The van der Waals surface area contributed by atoms with Gasteiger partial charge in [-0.15, -0.1) is 0 Å².